The smallest absolute Gasteiger partial charge is 0.162 e. The summed E-state index contributed by atoms with van der Waals surface area (Å²) in [6, 6.07) is 2.00. The van der Waals surface area contributed by atoms with E-state index in [1.54, 1.807) is 0 Å². The predicted molar refractivity (Wildman–Crippen MR) is 70.2 cm³/mol. The van der Waals surface area contributed by atoms with Gasteiger partial charge in [-0.05, 0) is 27.2 Å². The van der Waals surface area contributed by atoms with Gasteiger partial charge in [0.2, 0.25) is 0 Å². The van der Waals surface area contributed by atoms with Crippen LogP contribution in [0.4, 0.5) is 5.82 Å². The monoisotopic (exact) mass is 237 g/mol. The van der Waals surface area contributed by atoms with E-state index in [9.17, 15) is 0 Å². The molecule has 0 spiro atoms. The molecule has 1 heterocycles. The molecule has 1 rings (SSSR count). The average molecular weight is 237 g/mol. The SMILES string of the molecule is CCCc1cc(NC)nc(C(C)(C)OCC)n1. The fraction of sp³-hybridized carbons (Fsp3) is 0.692. The van der Waals surface area contributed by atoms with Gasteiger partial charge in [0.1, 0.15) is 11.4 Å². The lowest BCUT2D eigenvalue weighted by molar-refractivity contribution is -0.0208. The number of hydrogen-bond donors (Lipinski definition) is 1. The van der Waals surface area contributed by atoms with Gasteiger partial charge in [-0.2, -0.15) is 0 Å². The Morgan fingerprint density at radius 1 is 1.29 bits per heavy atom. The second kappa shape index (κ2) is 5.96. The lowest BCUT2D eigenvalue weighted by Crippen LogP contribution is -2.25. The Labute approximate surface area is 104 Å². The molecule has 4 nitrogen and oxygen atoms in total. The summed E-state index contributed by atoms with van der Waals surface area (Å²) in [5.41, 5.74) is 0.624. The van der Waals surface area contributed by atoms with Crippen LogP contribution in [0.2, 0.25) is 0 Å². The molecule has 0 saturated heterocycles. The molecule has 0 radical (unpaired) electrons. The molecular weight excluding hydrogens is 214 g/mol. The highest BCUT2D eigenvalue weighted by atomic mass is 16.5. The molecule has 4 heteroatoms. The van der Waals surface area contributed by atoms with Crippen molar-refractivity contribution in [1.29, 1.82) is 0 Å². The van der Waals surface area contributed by atoms with E-state index in [0.717, 1.165) is 30.2 Å². The van der Waals surface area contributed by atoms with Crippen LogP contribution in [0.5, 0.6) is 0 Å². The zero-order chi connectivity index (χ0) is 12.9. The van der Waals surface area contributed by atoms with Gasteiger partial charge in [0, 0.05) is 25.4 Å². The van der Waals surface area contributed by atoms with Crippen molar-refractivity contribution >= 4 is 5.82 Å². The molecule has 0 aliphatic rings. The van der Waals surface area contributed by atoms with Crippen molar-refractivity contribution in [3.8, 4) is 0 Å². The van der Waals surface area contributed by atoms with E-state index in [-0.39, 0.29) is 0 Å². The first kappa shape index (κ1) is 13.9. The van der Waals surface area contributed by atoms with Crippen molar-refractivity contribution in [2.45, 2.75) is 46.1 Å². The maximum Gasteiger partial charge on any atom is 0.162 e. The van der Waals surface area contributed by atoms with Crippen molar-refractivity contribution in [1.82, 2.24) is 9.97 Å². The first-order chi connectivity index (χ1) is 8.03. The molecule has 0 bridgehead atoms. The molecule has 0 aromatic carbocycles. The number of nitrogens with one attached hydrogen (secondary N) is 1. The summed E-state index contributed by atoms with van der Waals surface area (Å²) in [5, 5.41) is 3.07. The Hall–Kier alpha value is -1.16. The number of rotatable bonds is 6. The Bertz CT molecular complexity index is 364. The van der Waals surface area contributed by atoms with Crippen molar-refractivity contribution in [2.24, 2.45) is 0 Å². The minimum Gasteiger partial charge on any atom is -0.373 e. The van der Waals surface area contributed by atoms with Crippen molar-refractivity contribution in [2.75, 3.05) is 19.0 Å². The van der Waals surface area contributed by atoms with Gasteiger partial charge in [-0.15, -0.1) is 0 Å². The van der Waals surface area contributed by atoms with E-state index in [2.05, 4.69) is 22.2 Å². The molecular formula is C13H23N3O. The molecule has 0 aliphatic heterocycles. The quantitative estimate of drug-likeness (QED) is 0.826. The van der Waals surface area contributed by atoms with Gasteiger partial charge < -0.3 is 10.1 Å². The van der Waals surface area contributed by atoms with E-state index in [4.69, 9.17) is 4.74 Å². The standard InChI is InChI=1S/C13H23N3O/c1-6-8-10-9-11(14-5)16-12(15-10)13(3,4)17-7-2/h9H,6-8H2,1-5H3,(H,14,15,16). The summed E-state index contributed by atoms with van der Waals surface area (Å²) in [4.78, 5) is 9.06. The number of anilines is 1. The second-order valence-corrected chi connectivity index (χ2v) is 4.51. The summed E-state index contributed by atoms with van der Waals surface area (Å²) in [7, 11) is 1.87. The summed E-state index contributed by atoms with van der Waals surface area (Å²) in [6.07, 6.45) is 2.04. The first-order valence-electron chi connectivity index (χ1n) is 6.23. The zero-order valence-electron chi connectivity index (χ0n) is 11.5. The molecule has 96 valence electrons. The second-order valence-electron chi connectivity index (χ2n) is 4.51. The molecule has 1 N–H and O–H groups in total. The molecule has 0 amide bonds. The molecule has 0 unspecified atom stereocenters. The van der Waals surface area contributed by atoms with Gasteiger partial charge >= 0.3 is 0 Å². The van der Waals surface area contributed by atoms with E-state index in [1.165, 1.54) is 0 Å². The van der Waals surface area contributed by atoms with Gasteiger partial charge in [-0.1, -0.05) is 13.3 Å². The molecule has 17 heavy (non-hydrogen) atoms. The Balaban J connectivity index is 3.09. The van der Waals surface area contributed by atoms with Crippen LogP contribution in [0.3, 0.4) is 0 Å². The van der Waals surface area contributed by atoms with Crippen LogP contribution in [-0.4, -0.2) is 23.6 Å². The topological polar surface area (TPSA) is 47.0 Å². The number of hydrogen-bond acceptors (Lipinski definition) is 4. The minimum atomic E-state index is -0.440. The van der Waals surface area contributed by atoms with E-state index in [0.29, 0.717) is 6.61 Å². The summed E-state index contributed by atoms with van der Waals surface area (Å²) in [5.74, 6) is 1.60. The third-order valence-corrected chi connectivity index (χ3v) is 2.59. The van der Waals surface area contributed by atoms with Crippen LogP contribution in [0.25, 0.3) is 0 Å². The Morgan fingerprint density at radius 3 is 2.53 bits per heavy atom. The van der Waals surface area contributed by atoms with Gasteiger partial charge in [-0.25, -0.2) is 9.97 Å². The normalized spacial score (nSPS) is 11.6. The maximum absolute atomic E-state index is 5.70. The molecule has 1 aromatic rings. The first-order valence-corrected chi connectivity index (χ1v) is 6.23. The Kier molecular flexibility index (Phi) is 4.87. The van der Waals surface area contributed by atoms with Crippen molar-refractivity contribution < 1.29 is 4.74 Å². The third kappa shape index (κ3) is 3.66. The zero-order valence-corrected chi connectivity index (χ0v) is 11.5. The lowest BCUT2D eigenvalue weighted by atomic mass is 10.1. The van der Waals surface area contributed by atoms with Gasteiger partial charge in [-0.3, -0.25) is 0 Å². The van der Waals surface area contributed by atoms with Crippen molar-refractivity contribution in [3.63, 3.8) is 0 Å². The number of ether oxygens (including phenoxy) is 1. The van der Waals surface area contributed by atoms with Crippen molar-refractivity contribution in [3.05, 3.63) is 17.6 Å². The molecule has 0 aliphatic carbocycles. The highest BCUT2D eigenvalue weighted by Gasteiger charge is 2.25. The highest BCUT2D eigenvalue weighted by Crippen LogP contribution is 2.23. The molecule has 0 saturated carbocycles. The summed E-state index contributed by atoms with van der Waals surface area (Å²) in [6.45, 7) is 8.79. The number of aryl methyl sites for hydroxylation is 1. The lowest BCUT2D eigenvalue weighted by Gasteiger charge is -2.23. The van der Waals surface area contributed by atoms with Crippen LogP contribution in [-0.2, 0) is 16.8 Å². The van der Waals surface area contributed by atoms with Crippen LogP contribution in [0, 0.1) is 0 Å². The fourth-order valence-electron chi connectivity index (χ4n) is 1.70. The Morgan fingerprint density at radius 2 is 2.00 bits per heavy atom. The average Bonchev–Trinajstić information content (AvgIpc) is 2.29. The number of nitrogens with zero attached hydrogens (tertiary/aromatic N) is 2. The molecule has 0 fully saturated rings. The fourth-order valence-corrected chi connectivity index (χ4v) is 1.70. The third-order valence-electron chi connectivity index (χ3n) is 2.59. The van der Waals surface area contributed by atoms with E-state index in [1.807, 2.05) is 33.9 Å². The summed E-state index contributed by atoms with van der Waals surface area (Å²) >= 11 is 0. The van der Waals surface area contributed by atoms with Gasteiger partial charge in [0.05, 0.1) is 0 Å². The largest absolute Gasteiger partial charge is 0.373 e. The van der Waals surface area contributed by atoms with Crippen LogP contribution < -0.4 is 5.32 Å². The number of aromatic nitrogens is 2. The maximum atomic E-state index is 5.70. The predicted octanol–water partition coefficient (Wildman–Crippen LogP) is 2.74. The van der Waals surface area contributed by atoms with Crippen LogP contribution >= 0.6 is 0 Å². The minimum absolute atomic E-state index is 0.440. The van der Waals surface area contributed by atoms with Gasteiger partial charge in [0.25, 0.3) is 0 Å². The van der Waals surface area contributed by atoms with E-state index < -0.39 is 5.60 Å². The summed E-state index contributed by atoms with van der Waals surface area (Å²) < 4.78 is 5.70. The van der Waals surface area contributed by atoms with E-state index >= 15 is 0 Å². The molecule has 0 atom stereocenters. The highest BCUT2D eigenvalue weighted by molar-refractivity contribution is 5.36. The molecule has 1 aromatic heterocycles. The van der Waals surface area contributed by atoms with Gasteiger partial charge in [0.15, 0.2) is 5.82 Å². The van der Waals surface area contributed by atoms with Crippen LogP contribution in [0.15, 0.2) is 6.07 Å². The van der Waals surface area contributed by atoms with Crippen LogP contribution in [0.1, 0.15) is 45.6 Å².